The number of H-pyrrole nitrogens is 1. The van der Waals surface area contributed by atoms with Gasteiger partial charge >= 0.3 is 4.87 Å². The van der Waals surface area contributed by atoms with Gasteiger partial charge in [-0.3, -0.25) is 24.1 Å². The third kappa shape index (κ3) is 4.30. The van der Waals surface area contributed by atoms with Crippen molar-refractivity contribution in [3.63, 3.8) is 0 Å². The van der Waals surface area contributed by atoms with Crippen molar-refractivity contribution >= 4 is 46.5 Å². The molecule has 2 saturated heterocycles. The largest absolute Gasteiger partial charge is 0.484 e. The Balaban J connectivity index is 1.08. The molecule has 4 fully saturated rings. The van der Waals surface area contributed by atoms with Crippen molar-refractivity contribution in [2.24, 2.45) is 29.6 Å². The van der Waals surface area contributed by atoms with E-state index in [0.717, 1.165) is 27.5 Å². The van der Waals surface area contributed by atoms with Crippen molar-refractivity contribution in [1.82, 2.24) is 9.88 Å². The first-order valence-corrected chi connectivity index (χ1v) is 16.5. The molecule has 3 aliphatic heterocycles. The van der Waals surface area contributed by atoms with E-state index in [0.29, 0.717) is 37.7 Å². The molecule has 3 amide bonds. The van der Waals surface area contributed by atoms with E-state index in [9.17, 15) is 19.2 Å². The molecular weight excluding hydrogens is 587 g/mol. The van der Waals surface area contributed by atoms with Gasteiger partial charge in [0.05, 0.1) is 35.8 Å². The molecule has 0 spiro atoms. The smallest absolute Gasteiger partial charge is 0.305 e. The molecule has 222 valence electrons. The number of aromatic amines is 1. The zero-order chi connectivity index (χ0) is 29.4. The zero-order valence-electron chi connectivity index (χ0n) is 23.6. The van der Waals surface area contributed by atoms with Crippen molar-refractivity contribution in [3.05, 3.63) is 74.2 Å². The van der Waals surface area contributed by atoms with Gasteiger partial charge in [-0.15, -0.1) is 11.8 Å². The zero-order valence-corrected chi connectivity index (χ0v) is 25.2. The Labute approximate surface area is 256 Å². The van der Waals surface area contributed by atoms with Crippen molar-refractivity contribution in [2.75, 3.05) is 37.8 Å². The SMILES string of the molecule is Cc1ccc(N2C(=O)C3C(C2=O)[C@@H]2C[C@H]3C3Sc4[nH]c(=O)sc4[C@H](c4ccc(OCC(=O)N5CCOCC5)cc4)C32)cc1. The number of aryl methyl sites for hydroxylation is 1. The highest BCUT2D eigenvalue weighted by atomic mass is 32.2. The Kier molecular flexibility index (Phi) is 6.54. The van der Waals surface area contributed by atoms with Crippen molar-refractivity contribution < 1.29 is 23.9 Å². The summed E-state index contributed by atoms with van der Waals surface area (Å²) >= 11 is 2.93. The summed E-state index contributed by atoms with van der Waals surface area (Å²) in [5.41, 5.74) is 2.77. The van der Waals surface area contributed by atoms with E-state index in [-0.39, 0.29) is 70.0 Å². The van der Waals surface area contributed by atoms with Crippen LogP contribution in [0.15, 0.2) is 58.4 Å². The minimum absolute atomic E-state index is 0.0336. The summed E-state index contributed by atoms with van der Waals surface area (Å²) < 4.78 is 11.2. The third-order valence-corrected chi connectivity index (χ3v) is 12.6. The van der Waals surface area contributed by atoms with E-state index in [2.05, 4.69) is 4.98 Å². The monoisotopic (exact) mass is 617 g/mol. The van der Waals surface area contributed by atoms with Crippen molar-refractivity contribution in [2.45, 2.75) is 29.5 Å². The first-order chi connectivity index (χ1) is 20.9. The number of hydrogen-bond donors (Lipinski definition) is 1. The molecule has 1 N–H and O–H groups in total. The van der Waals surface area contributed by atoms with Crippen LogP contribution in [0.2, 0.25) is 0 Å². The Bertz CT molecular complexity index is 1660. The number of amides is 3. The molecule has 2 aromatic carbocycles. The minimum Gasteiger partial charge on any atom is -0.484 e. The number of carbonyl (C=O) groups excluding carboxylic acids is 3. The van der Waals surface area contributed by atoms with Crippen LogP contribution in [0.5, 0.6) is 5.75 Å². The second-order valence-corrected chi connectivity index (χ2v) is 14.4. The fraction of sp³-hybridized carbons (Fsp3) is 0.438. The average Bonchev–Trinajstić information content (AvgIpc) is 3.76. The minimum atomic E-state index is -0.339. The van der Waals surface area contributed by atoms with Crippen LogP contribution in [-0.4, -0.2) is 65.8 Å². The maximum absolute atomic E-state index is 13.9. The summed E-state index contributed by atoms with van der Waals surface area (Å²) in [5.74, 6) is -0.104. The highest BCUT2D eigenvalue weighted by molar-refractivity contribution is 8.00. The molecule has 9 nitrogen and oxygen atoms in total. The average molecular weight is 618 g/mol. The number of morpholine rings is 1. The first-order valence-electron chi connectivity index (χ1n) is 14.8. The van der Waals surface area contributed by atoms with Crippen LogP contribution < -0.4 is 14.5 Å². The van der Waals surface area contributed by atoms with Gasteiger partial charge in [-0.2, -0.15) is 0 Å². The topological polar surface area (TPSA) is 109 Å². The molecule has 3 aromatic rings. The maximum atomic E-state index is 13.9. The standard InChI is InChI=1S/C32H31N3O6S2/c1-16-2-6-18(7-3-16)35-30(37)25-20-14-21(26(25)31(35)38)27-24(20)23(28-29(42-27)33-32(39)43-28)17-4-8-19(9-5-17)41-15-22(36)34-10-12-40-13-11-34/h2-9,20-21,23-27H,10-15H2,1H3,(H,33,39)/t20-,21-,23-,24?,25?,26?,27?/m1/s1. The van der Waals surface area contributed by atoms with E-state index in [1.165, 1.54) is 16.2 Å². The lowest BCUT2D eigenvalue weighted by molar-refractivity contribution is -0.137. The Morgan fingerprint density at radius 3 is 2.40 bits per heavy atom. The fourth-order valence-electron chi connectivity index (χ4n) is 8.16. The lowest BCUT2D eigenvalue weighted by atomic mass is 9.68. The summed E-state index contributed by atoms with van der Waals surface area (Å²) in [7, 11) is 0. The second kappa shape index (κ2) is 10.3. The molecular formula is C32H31N3O6S2. The lowest BCUT2D eigenvalue weighted by Gasteiger charge is -2.43. The van der Waals surface area contributed by atoms with Crippen LogP contribution in [0.25, 0.3) is 0 Å². The lowest BCUT2D eigenvalue weighted by Crippen LogP contribution is -2.43. The molecule has 8 rings (SSSR count). The van der Waals surface area contributed by atoms with Gasteiger partial charge in [0.2, 0.25) is 11.8 Å². The van der Waals surface area contributed by atoms with E-state index in [1.807, 2.05) is 55.5 Å². The van der Waals surface area contributed by atoms with E-state index in [1.54, 1.807) is 16.7 Å². The van der Waals surface area contributed by atoms with Crippen LogP contribution >= 0.6 is 23.1 Å². The van der Waals surface area contributed by atoms with E-state index < -0.39 is 0 Å². The molecule has 1 aromatic heterocycles. The van der Waals surface area contributed by atoms with Crippen molar-refractivity contribution in [1.29, 1.82) is 0 Å². The predicted octanol–water partition coefficient (Wildman–Crippen LogP) is 3.66. The maximum Gasteiger partial charge on any atom is 0.305 e. The van der Waals surface area contributed by atoms with Gasteiger partial charge in [-0.25, -0.2) is 0 Å². The van der Waals surface area contributed by atoms with Gasteiger partial charge < -0.3 is 19.4 Å². The second-order valence-electron chi connectivity index (χ2n) is 12.2. The number of thioether (sulfide) groups is 1. The van der Waals surface area contributed by atoms with Crippen LogP contribution in [0.3, 0.4) is 0 Å². The number of ether oxygens (including phenoxy) is 2. The molecule has 4 heterocycles. The number of aromatic nitrogens is 1. The molecule has 5 aliphatic rings. The molecule has 0 radical (unpaired) electrons. The number of carbonyl (C=O) groups is 3. The predicted molar refractivity (Wildman–Crippen MR) is 162 cm³/mol. The van der Waals surface area contributed by atoms with Gasteiger partial charge in [0.15, 0.2) is 6.61 Å². The normalized spacial score (nSPS) is 30.8. The Morgan fingerprint density at radius 2 is 1.67 bits per heavy atom. The summed E-state index contributed by atoms with van der Waals surface area (Å²) in [6, 6.07) is 15.4. The summed E-state index contributed by atoms with van der Waals surface area (Å²) in [6.45, 7) is 4.19. The molecule has 43 heavy (non-hydrogen) atoms. The third-order valence-electron chi connectivity index (χ3n) is 9.98. The number of nitrogens with one attached hydrogen (secondary N) is 1. The molecule has 2 saturated carbocycles. The molecule has 7 atom stereocenters. The van der Waals surface area contributed by atoms with Crippen molar-refractivity contribution in [3.8, 4) is 5.75 Å². The summed E-state index contributed by atoms with van der Waals surface area (Å²) in [5, 5.41) is 1.01. The fourth-order valence-corrected chi connectivity index (χ4v) is 11.0. The van der Waals surface area contributed by atoms with E-state index in [4.69, 9.17) is 9.47 Å². The van der Waals surface area contributed by atoms with Gasteiger partial charge in [-0.1, -0.05) is 41.2 Å². The van der Waals surface area contributed by atoms with Crippen LogP contribution in [0, 0.1) is 36.5 Å². The molecule has 2 aliphatic carbocycles. The Morgan fingerprint density at radius 1 is 0.977 bits per heavy atom. The molecule has 11 heteroatoms. The highest BCUT2D eigenvalue weighted by Crippen LogP contribution is 2.68. The van der Waals surface area contributed by atoms with Gasteiger partial charge in [0.25, 0.3) is 5.91 Å². The summed E-state index contributed by atoms with van der Waals surface area (Å²) in [6.07, 6.45) is 0.845. The molecule has 4 unspecified atom stereocenters. The number of anilines is 1. The van der Waals surface area contributed by atoms with Crippen LogP contribution in [0.1, 0.15) is 28.3 Å². The number of nitrogens with zero attached hydrogens (tertiary/aromatic N) is 2. The first kappa shape index (κ1) is 27.2. The quantitative estimate of drug-likeness (QED) is 0.436. The number of thiazole rings is 1. The number of benzene rings is 2. The number of imide groups is 1. The van der Waals surface area contributed by atoms with Crippen LogP contribution in [0.4, 0.5) is 5.69 Å². The summed E-state index contributed by atoms with van der Waals surface area (Å²) in [4.78, 5) is 60.0. The van der Waals surface area contributed by atoms with Gasteiger partial charge in [-0.05, 0) is 60.9 Å². The van der Waals surface area contributed by atoms with E-state index >= 15 is 0 Å². The Hall–Kier alpha value is -3.41. The number of fused-ring (bicyclic) bond motifs is 9. The molecule has 2 bridgehead atoms. The van der Waals surface area contributed by atoms with Gasteiger partial charge in [0.1, 0.15) is 5.75 Å². The van der Waals surface area contributed by atoms with Crippen LogP contribution in [-0.2, 0) is 19.1 Å². The number of rotatable bonds is 5. The number of hydrogen-bond acceptors (Lipinski definition) is 8. The van der Waals surface area contributed by atoms with Gasteiger partial charge in [0, 0.05) is 29.1 Å². The highest BCUT2D eigenvalue weighted by Gasteiger charge is 2.69.